The Balaban J connectivity index is 1.14. The van der Waals surface area contributed by atoms with Gasteiger partial charge in [-0.15, -0.1) is 0 Å². The number of aliphatic hydroxyl groups excluding tert-OH is 1. The molecule has 32 heavy (non-hydrogen) atoms. The Hall–Kier alpha value is -3.08. The third-order valence-corrected chi connectivity index (χ3v) is 5.92. The van der Waals surface area contributed by atoms with Gasteiger partial charge < -0.3 is 19.9 Å². The van der Waals surface area contributed by atoms with Crippen LogP contribution >= 0.6 is 0 Å². The molecule has 0 bridgehead atoms. The van der Waals surface area contributed by atoms with Crippen LogP contribution in [0.5, 0.6) is 11.5 Å². The summed E-state index contributed by atoms with van der Waals surface area (Å²) in [6.45, 7) is 4.86. The highest BCUT2D eigenvalue weighted by Gasteiger charge is 2.30. The van der Waals surface area contributed by atoms with E-state index < -0.39 is 6.10 Å². The van der Waals surface area contributed by atoms with Crippen molar-refractivity contribution < 1.29 is 14.6 Å². The number of fused-ring (bicyclic) bond motifs is 2. The molecule has 0 aliphatic carbocycles. The van der Waals surface area contributed by atoms with Crippen molar-refractivity contribution in [2.24, 2.45) is 5.92 Å². The molecule has 0 saturated carbocycles. The number of aliphatic hydroxyl groups is 1. The molecule has 0 unspecified atom stereocenters. The first-order valence-electron chi connectivity index (χ1n) is 10.8. The van der Waals surface area contributed by atoms with Crippen LogP contribution in [0, 0.1) is 5.92 Å². The highest BCUT2D eigenvalue weighted by Crippen LogP contribution is 2.29. The molecule has 0 amide bonds. The molecular weight excluding hydrogens is 412 g/mol. The third-order valence-electron chi connectivity index (χ3n) is 5.92. The molecule has 2 atom stereocenters. The van der Waals surface area contributed by atoms with Gasteiger partial charge in [0.2, 0.25) is 0 Å². The number of ether oxygens (including phenoxy) is 2. The van der Waals surface area contributed by atoms with Crippen molar-refractivity contribution in [2.45, 2.75) is 19.2 Å². The van der Waals surface area contributed by atoms with Crippen molar-refractivity contribution in [3.63, 3.8) is 0 Å². The predicted octanol–water partition coefficient (Wildman–Crippen LogP) is 0.0402. The molecule has 2 aliphatic rings. The molecule has 5 heterocycles. The van der Waals surface area contributed by atoms with Gasteiger partial charge in [-0.25, -0.2) is 9.97 Å². The second kappa shape index (κ2) is 9.19. The Morgan fingerprint density at radius 2 is 1.97 bits per heavy atom. The molecular formula is C22H26N6O4. The lowest BCUT2D eigenvalue weighted by Gasteiger charge is -2.19. The standard InChI is InChI=1S/C22H26N6O4/c29-18-14-27(4-5-28-21(30)12-26-17-2-1-3-24-22(17)28)13-15(18)9-23-10-16-8-19-20(11-25-16)32-7-6-31-19/h1-3,8,11-12,15,18,23,29H,4-7,9-10,13-14H2/t15-,18+/m0/s1. The Kier molecular flexibility index (Phi) is 5.97. The van der Waals surface area contributed by atoms with Crippen molar-refractivity contribution in [3.05, 3.63) is 52.8 Å². The number of aromatic nitrogens is 4. The summed E-state index contributed by atoms with van der Waals surface area (Å²) in [4.78, 5) is 27.3. The van der Waals surface area contributed by atoms with Crippen LogP contribution in [-0.4, -0.2) is 75.0 Å². The maximum Gasteiger partial charge on any atom is 0.270 e. The second-order valence-corrected chi connectivity index (χ2v) is 8.13. The predicted molar refractivity (Wildman–Crippen MR) is 117 cm³/mol. The van der Waals surface area contributed by atoms with Crippen LogP contribution in [0.25, 0.3) is 11.2 Å². The fourth-order valence-corrected chi connectivity index (χ4v) is 4.25. The molecule has 0 radical (unpaired) electrons. The lowest BCUT2D eigenvalue weighted by Crippen LogP contribution is -2.31. The average molecular weight is 438 g/mol. The average Bonchev–Trinajstić information content (AvgIpc) is 3.17. The molecule has 0 aromatic carbocycles. The minimum Gasteiger partial charge on any atom is -0.486 e. The smallest absolute Gasteiger partial charge is 0.270 e. The van der Waals surface area contributed by atoms with E-state index in [2.05, 4.69) is 25.2 Å². The normalized spacial score (nSPS) is 20.7. The number of pyridine rings is 2. The number of likely N-dealkylation sites (tertiary alicyclic amines) is 1. The quantitative estimate of drug-likeness (QED) is 0.528. The van der Waals surface area contributed by atoms with E-state index >= 15 is 0 Å². The monoisotopic (exact) mass is 438 g/mol. The molecule has 1 saturated heterocycles. The van der Waals surface area contributed by atoms with Crippen LogP contribution in [0.15, 0.2) is 41.6 Å². The second-order valence-electron chi connectivity index (χ2n) is 8.13. The molecule has 0 spiro atoms. The van der Waals surface area contributed by atoms with E-state index in [1.165, 1.54) is 6.20 Å². The number of hydrogen-bond acceptors (Lipinski definition) is 9. The maximum atomic E-state index is 12.3. The lowest BCUT2D eigenvalue weighted by atomic mass is 10.1. The first kappa shape index (κ1) is 20.8. The van der Waals surface area contributed by atoms with Crippen LogP contribution in [0.3, 0.4) is 0 Å². The van der Waals surface area contributed by atoms with E-state index in [0.717, 1.165) is 18.0 Å². The van der Waals surface area contributed by atoms with Gasteiger partial charge in [-0.2, -0.15) is 0 Å². The molecule has 5 rings (SSSR count). The van der Waals surface area contributed by atoms with Crippen LogP contribution < -0.4 is 20.3 Å². The summed E-state index contributed by atoms with van der Waals surface area (Å²) in [5.41, 5.74) is 1.99. The zero-order valence-electron chi connectivity index (χ0n) is 17.7. The zero-order valence-corrected chi connectivity index (χ0v) is 17.7. The van der Waals surface area contributed by atoms with Crippen LogP contribution in [0.4, 0.5) is 0 Å². The highest BCUT2D eigenvalue weighted by atomic mass is 16.6. The third kappa shape index (κ3) is 4.43. The van der Waals surface area contributed by atoms with Crippen LogP contribution in [0.2, 0.25) is 0 Å². The van der Waals surface area contributed by atoms with E-state index in [1.807, 2.05) is 12.1 Å². The first-order chi connectivity index (χ1) is 15.7. The van der Waals surface area contributed by atoms with E-state index in [-0.39, 0.29) is 11.5 Å². The SMILES string of the molecule is O=c1cnc2cccnc2n1CCN1C[C@H](CNCc2cc3c(cn2)OCCO3)[C@H](O)C1. The van der Waals surface area contributed by atoms with Gasteiger partial charge in [0.1, 0.15) is 18.7 Å². The number of nitrogens with one attached hydrogen (secondary N) is 1. The Labute approximate surface area is 184 Å². The molecule has 10 nitrogen and oxygen atoms in total. The van der Waals surface area contributed by atoms with E-state index in [1.54, 1.807) is 23.0 Å². The van der Waals surface area contributed by atoms with Crippen molar-refractivity contribution in [1.29, 1.82) is 0 Å². The van der Waals surface area contributed by atoms with Crippen molar-refractivity contribution in [3.8, 4) is 11.5 Å². The van der Waals surface area contributed by atoms with Gasteiger partial charge in [0, 0.05) is 57.4 Å². The van der Waals surface area contributed by atoms with E-state index in [0.29, 0.717) is 62.9 Å². The summed E-state index contributed by atoms with van der Waals surface area (Å²) >= 11 is 0. The van der Waals surface area contributed by atoms with Crippen LogP contribution in [0.1, 0.15) is 5.69 Å². The highest BCUT2D eigenvalue weighted by molar-refractivity contribution is 5.69. The summed E-state index contributed by atoms with van der Waals surface area (Å²) in [6.07, 6.45) is 4.27. The topological polar surface area (TPSA) is 115 Å². The molecule has 168 valence electrons. The van der Waals surface area contributed by atoms with Crippen molar-refractivity contribution in [1.82, 2.24) is 29.7 Å². The van der Waals surface area contributed by atoms with Gasteiger partial charge in [-0.3, -0.25) is 19.2 Å². The van der Waals surface area contributed by atoms with Crippen LogP contribution in [-0.2, 0) is 13.1 Å². The molecule has 2 N–H and O–H groups in total. The number of hydrogen-bond donors (Lipinski definition) is 2. The molecule has 10 heteroatoms. The Morgan fingerprint density at radius 3 is 2.88 bits per heavy atom. The summed E-state index contributed by atoms with van der Waals surface area (Å²) in [7, 11) is 0. The summed E-state index contributed by atoms with van der Waals surface area (Å²) in [6, 6.07) is 5.54. The molecule has 3 aromatic rings. The summed E-state index contributed by atoms with van der Waals surface area (Å²) < 4.78 is 12.7. The van der Waals surface area contributed by atoms with E-state index in [4.69, 9.17) is 9.47 Å². The minimum absolute atomic E-state index is 0.108. The Morgan fingerprint density at radius 1 is 1.09 bits per heavy atom. The van der Waals surface area contributed by atoms with E-state index in [9.17, 15) is 9.90 Å². The fraction of sp³-hybridized carbons (Fsp3) is 0.455. The Bertz CT molecular complexity index is 1150. The van der Waals surface area contributed by atoms with Gasteiger partial charge in [0.25, 0.3) is 5.56 Å². The van der Waals surface area contributed by atoms with Gasteiger partial charge in [-0.1, -0.05) is 0 Å². The number of rotatable bonds is 7. The first-order valence-corrected chi connectivity index (χ1v) is 10.8. The molecule has 1 fully saturated rings. The summed E-state index contributed by atoms with van der Waals surface area (Å²) in [5, 5.41) is 13.9. The van der Waals surface area contributed by atoms with Gasteiger partial charge in [-0.05, 0) is 12.1 Å². The van der Waals surface area contributed by atoms with Crippen molar-refractivity contribution >= 4 is 11.2 Å². The molecule has 3 aromatic heterocycles. The minimum atomic E-state index is -0.417. The van der Waals surface area contributed by atoms with Gasteiger partial charge in [0.05, 0.1) is 24.2 Å². The summed E-state index contributed by atoms with van der Waals surface area (Å²) in [5.74, 6) is 1.51. The number of nitrogens with zero attached hydrogens (tertiary/aromatic N) is 5. The van der Waals surface area contributed by atoms with Gasteiger partial charge in [0.15, 0.2) is 17.1 Å². The zero-order chi connectivity index (χ0) is 21.9. The lowest BCUT2D eigenvalue weighted by molar-refractivity contribution is 0.140. The van der Waals surface area contributed by atoms with Gasteiger partial charge >= 0.3 is 0 Å². The maximum absolute atomic E-state index is 12.3. The number of β-amino-alcohol motifs (C(OH)–C–C–N with tert-alkyl or cyclic N) is 1. The molecule has 2 aliphatic heterocycles. The largest absolute Gasteiger partial charge is 0.486 e. The van der Waals surface area contributed by atoms with Crippen molar-refractivity contribution in [2.75, 3.05) is 39.4 Å². The fourth-order valence-electron chi connectivity index (χ4n) is 4.25.